The zero-order valence-corrected chi connectivity index (χ0v) is 15.2. The van der Waals surface area contributed by atoms with Crippen molar-refractivity contribution in [3.05, 3.63) is 64.7 Å². The lowest BCUT2D eigenvalue weighted by atomic mass is 9.98. The van der Waals surface area contributed by atoms with Gasteiger partial charge in [0.1, 0.15) is 0 Å². The van der Waals surface area contributed by atoms with Gasteiger partial charge in [0.05, 0.1) is 19.3 Å². The highest BCUT2D eigenvalue weighted by molar-refractivity contribution is 6.30. The van der Waals surface area contributed by atoms with Crippen LogP contribution in [0.3, 0.4) is 0 Å². The Hall–Kier alpha value is -2.17. The Morgan fingerprint density at radius 2 is 1.92 bits per heavy atom. The number of ether oxygens (including phenoxy) is 1. The van der Waals surface area contributed by atoms with Gasteiger partial charge in [-0.2, -0.15) is 0 Å². The third-order valence-electron chi connectivity index (χ3n) is 4.36. The number of halogens is 1. The number of para-hydroxylation sites is 1. The highest BCUT2D eigenvalue weighted by Gasteiger charge is 2.25. The van der Waals surface area contributed by atoms with E-state index in [0.29, 0.717) is 10.8 Å². The fourth-order valence-corrected chi connectivity index (χ4v) is 3.22. The second kappa shape index (κ2) is 7.81. The maximum absolute atomic E-state index is 10.5. The van der Waals surface area contributed by atoms with Gasteiger partial charge in [-0.05, 0) is 36.3 Å². The van der Waals surface area contributed by atoms with Crippen LogP contribution in [0.4, 0.5) is 0 Å². The quantitative estimate of drug-likeness (QED) is 0.738. The van der Waals surface area contributed by atoms with Crippen molar-refractivity contribution < 1.29 is 9.84 Å². The van der Waals surface area contributed by atoms with Crippen molar-refractivity contribution >= 4 is 17.3 Å². The van der Waals surface area contributed by atoms with Crippen LogP contribution < -0.4 is 15.4 Å². The van der Waals surface area contributed by atoms with E-state index in [1.165, 1.54) is 0 Å². The number of aromatic hydroxyl groups is 1. The van der Waals surface area contributed by atoms with Crippen LogP contribution in [-0.4, -0.2) is 18.4 Å². The van der Waals surface area contributed by atoms with E-state index in [4.69, 9.17) is 16.3 Å². The van der Waals surface area contributed by atoms with E-state index in [1.807, 2.05) is 36.4 Å². The Kier molecular flexibility index (Phi) is 5.51. The number of rotatable bonds is 5. The molecule has 1 heterocycles. The summed E-state index contributed by atoms with van der Waals surface area (Å²) in [5.74, 6) is 0.651. The zero-order valence-electron chi connectivity index (χ0n) is 14.4. The molecule has 3 rings (SSSR count). The molecule has 0 bridgehead atoms. The van der Waals surface area contributed by atoms with Crippen molar-refractivity contribution in [2.75, 3.05) is 7.11 Å². The minimum atomic E-state index is -0.112. The normalized spacial score (nSPS) is 19.9. The lowest BCUT2D eigenvalue weighted by Crippen LogP contribution is -2.46. The van der Waals surface area contributed by atoms with Gasteiger partial charge >= 0.3 is 0 Å². The van der Waals surface area contributed by atoms with Crippen LogP contribution in [0.15, 0.2) is 48.5 Å². The first-order valence-corrected chi connectivity index (χ1v) is 8.86. The molecule has 0 aromatic heterocycles. The maximum Gasteiger partial charge on any atom is 0.162 e. The number of benzene rings is 2. The molecule has 1 aliphatic rings. The van der Waals surface area contributed by atoms with Gasteiger partial charge < -0.3 is 15.2 Å². The monoisotopic (exact) mass is 358 g/mol. The number of phenolic OH excluding ortho intramolecular Hbond substituents is 1. The summed E-state index contributed by atoms with van der Waals surface area (Å²) in [5.41, 5.74) is 2.90. The summed E-state index contributed by atoms with van der Waals surface area (Å²) in [6.07, 6.45) is 4.24. The van der Waals surface area contributed by atoms with Crippen molar-refractivity contribution in [1.29, 1.82) is 0 Å². The average Bonchev–Trinajstić information content (AvgIpc) is 2.62. The predicted molar refractivity (Wildman–Crippen MR) is 102 cm³/mol. The zero-order chi connectivity index (χ0) is 17.8. The van der Waals surface area contributed by atoms with E-state index >= 15 is 0 Å². The number of hydrogen-bond acceptors (Lipinski definition) is 4. The molecule has 2 aromatic carbocycles. The largest absolute Gasteiger partial charge is 0.504 e. The van der Waals surface area contributed by atoms with E-state index in [1.54, 1.807) is 13.2 Å². The second-order valence-corrected chi connectivity index (χ2v) is 6.55. The van der Waals surface area contributed by atoms with Crippen LogP contribution in [0.1, 0.15) is 36.9 Å². The van der Waals surface area contributed by atoms with Gasteiger partial charge in [-0.15, -0.1) is 0 Å². The Labute approximate surface area is 153 Å². The molecule has 2 atom stereocenters. The molecule has 0 spiro atoms. The SMILES string of the molecule is CCCC1NC(c2ccc(Cl)cc2)=CC(c2cccc(OC)c2O)N1. The Morgan fingerprint density at radius 3 is 2.60 bits per heavy atom. The van der Waals surface area contributed by atoms with Crippen molar-refractivity contribution in [2.24, 2.45) is 0 Å². The average molecular weight is 359 g/mol. The van der Waals surface area contributed by atoms with Crippen molar-refractivity contribution in [3.63, 3.8) is 0 Å². The molecular weight excluding hydrogens is 336 g/mol. The first-order valence-electron chi connectivity index (χ1n) is 8.48. The summed E-state index contributed by atoms with van der Waals surface area (Å²) < 4.78 is 5.25. The Balaban J connectivity index is 1.99. The number of methoxy groups -OCH3 is 1. The summed E-state index contributed by atoms with van der Waals surface area (Å²) in [4.78, 5) is 0. The third kappa shape index (κ3) is 3.91. The topological polar surface area (TPSA) is 53.5 Å². The molecule has 25 heavy (non-hydrogen) atoms. The third-order valence-corrected chi connectivity index (χ3v) is 4.61. The van der Waals surface area contributed by atoms with Crippen LogP contribution in [0.2, 0.25) is 5.02 Å². The van der Waals surface area contributed by atoms with Crippen LogP contribution in [0.5, 0.6) is 11.5 Å². The molecule has 3 N–H and O–H groups in total. The Bertz CT molecular complexity index is 759. The standard InChI is InChI=1S/C20H23ClN2O2/c1-3-5-19-22-16(13-8-10-14(21)11-9-13)12-17(23-19)15-6-4-7-18(25-2)20(15)24/h4,6-12,17,19,22-24H,3,5H2,1-2H3. The summed E-state index contributed by atoms with van der Waals surface area (Å²) in [6, 6.07) is 13.2. The van der Waals surface area contributed by atoms with Gasteiger partial charge in [0, 0.05) is 16.3 Å². The van der Waals surface area contributed by atoms with Crippen LogP contribution in [0, 0.1) is 0 Å². The summed E-state index contributed by atoms with van der Waals surface area (Å²) in [6.45, 7) is 2.15. The fraction of sp³-hybridized carbons (Fsp3) is 0.300. The van der Waals surface area contributed by atoms with Crippen molar-refractivity contribution in [1.82, 2.24) is 10.6 Å². The van der Waals surface area contributed by atoms with Gasteiger partial charge in [-0.3, -0.25) is 5.32 Å². The molecule has 0 radical (unpaired) electrons. The summed E-state index contributed by atoms with van der Waals surface area (Å²) in [5, 5.41) is 18.3. The summed E-state index contributed by atoms with van der Waals surface area (Å²) >= 11 is 6.01. The molecule has 2 aromatic rings. The Morgan fingerprint density at radius 1 is 1.16 bits per heavy atom. The molecule has 132 valence electrons. The first-order chi connectivity index (χ1) is 12.1. The summed E-state index contributed by atoms with van der Waals surface area (Å²) in [7, 11) is 1.56. The van der Waals surface area contributed by atoms with Crippen LogP contribution >= 0.6 is 11.6 Å². The van der Waals surface area contributed by atoms with E-state index in [2.05, 4.69) is 23.6 Å². The minimum absolute atomic E-state index is 0.112. The molecule has 5 heteroatoms. The van der Waals surface area contributed by atoms with Crippen LogP contribution in [-0.2, 0) is 0 Å². The second-order valence-electron chi connectivity index (χ2n) is 6.12. The number of hydrogen-bond donors (Lipinski definition) is 3. The highest BCUT2D eigenvalue weighted by atomic mass is 35.5. The molecule has 1 aliphatic heterocycles. The van der Waals surface area contributed by atoms with Gasteiger partial charge in [0.15, 0.2) is 11.5 Å². The van der Waals surface area contributed by atoms with E-state index in [-0.39, 0.29) is 18.0 Å². The van der Waals surface area contributed by atoms with Gasteiger partial charge in [0.25, 0.3) is 0 Å². The fourth-order valence-electron chi connectivity index (χ4n) is 3.10. The predicted octanol–water partition coefficient (Wildman–Crippen LogP) is 4.46. The molecular formula is C20H23ClN2O2. The highest BCUT2D eigenvalue weighted by Crippen LogP contribution is 2.36. The molecule has 0 saturated carbocycles. The molecule has 0 fully saturated rings. The smallest absolute Gasteiger partial charge is 0.162 e. The van der Waals surface area contributed by atoms with E-state index in [9.17, 15) is 5.11 Å². The lowest BCUT2D eigenvalue weighted by Gasteiger charge is -2.33. The molecule has 0 amide bonds. The van der Waals surface area contributed by atoms with E-state index in [0.717, 1.165) is 29.7 Å². The van der Waals surface area contributed by atoms with Gasteiger partial charge in [-0.1, -0.05) is 49.2 Å². The van der Waals surface area contributed by atoms with Crippen molar-refractivity contribution in [2.45, 2.75) is 32.0 Å². The van der Waals surface area contributed by atoms with Crippen LogP contribution in [0.25, 0.3) is 5.70 Å². The molecule has 0 aliphatic carbocycles. The molecule has 2 unspecified atom stereocenters. The van der Waals surface area contributed by atoms with E-state index < -0.39 is 0 Å². The van der Waals surface area contributed by atoms with Gasteiger partial charge in [0.2, 0.25) is 0 Å². The van der Waals surface area contributed by atoms with Crippen molar-refractivity contribution in [3.8, 4) is 11.5 Å². The lowest BCUT2D eigenvalue weighted by molar-refractivity contribution is 0.359. The first kappa shape index (κ1) is 17.6. The maximum atomic E-state index is 10.5. The molecule has 4 nitrogen and oxygen atoms in total. The molecule has 0 saturated heterocycles. The van der Waals surface area contributed by atoms with Gasteiger partial charge in [-0.25, -0.2) is 0 Å². The number of phenols is 1. The minimum Gasteiger partial charge on any atom is -0.504 e. The number of nitrogens with one attached hydrogen (secondary N) is 2.